The lowest BCUT2D eigenvalue weighted by molar-refractivity contribution is -0.115. The molecule has 1 aliphatic rings. The zero-order valence-corrected chi connectivity index (χ0v) is 17.2. The summed E-state index contributed by atoms with van der Waals surface area (Å²) in [5.74, 6) is 1.08. The largest absolute Gasteiger partial charge is 0.490 e. The summed E-state index contributed by atoms with van der Waals surface area (Å²) in [5, 5.41) is 2.61. The van der Waals surface area contributed by atoms with Crippen LogP contribution in [0.25, 0.3) is 6.08 Å². The average Bonchev–Trinajstić information content (AvgIpc) is 2.92. The minimum atomic E-state index is -0.182. The number of nitrogens with one attached hydrogen (secondary N) is 1. The third kappa shape index (κ3) is 4.66. The number of ether oxygens (including phenoxy) is 2. The molecule has 4 nitrogen and oxygen atoms in total. The molecule has 0 unspecified atom stereocenters. The Morgan fingerprint density at radius 3 is 2.65 bits per heavy atom. The molecule has 3 rings (SSSR count). The highest BCUT2D eigenvalue weighted by Crippen LogP contribution is 2.39. The Kier molecular flexibility index (Phi) is 6.34. The third-order valence-corrected chi connectivity index (χ3v) is 5.25. The zero-order valence-electron chi connectivity index (χ0n) is 14.0. The van der Waals surface area contributed by atoms with Gasteiger partial charge in [-0.25, -0.2) is 0 Å². The number of halogens is 1. The number of amides is 1. The average molecular weight is 450 g/mol. The van der Waals surface area contributed by atoms with Crippen molar-refractivity contribution < 1.29 is 14.3 Å². The molecule has 0 bridgehead atoms. The van der Waals surface area contributed by atoms with Crippen molar-refractivity contribution in [2.45, 2.75) is 13.5 Å². The molecule has 1 fully saturated rings. The first-order valence-corrected chi connectivity index (χ1v) is 9.96. The smallest absolute Gasteiger partial charge is 0.263 e. The first kappa shape index (κ1) is 18.9. The molecule has 0 saturated carbocycles. The first-order chi connectivity index (χ1) is 12.6. The van der Waals surface area contributed by atoms with Gasteiger partial charge in [-0.3, -0.25) is 4.79 Å². The van der Waals surface area contributed by atoms with Gasteiger partial charge in [0.15, 0.2) is 11.5 Å². The van der Waals surface area contributed by atoms with Crippen molar-refractivity contribution in [3.05, 3.63) is 63.0 Å². The standard InChI is InChI=1S/C19H16BrNO3S2/c1-2-23-15-9-13(10-16-18(22)21-19(25)26-16)8-14(20)17(15)24-11-12-6-4-3-5-7-12/h3-10H,2,11H2,1H3,(H,21,22,25). The van der Waals surface area contributed by atoms with Crippen LogP contribution in [0.15, 0.2) is 51.8 Å². The van der Waals surface area contributed by atoms with Gasteiger partial charge < -0.3 is 14.8 Å². The Morgan fingerprint density at radius 2 is 2.00 bits per heavy atom. The fourth-order valence-electron chi connectivity index (χ4n) is 2.38. The number of hydrogen-bond acceptors (Lipinski definition) is 5. The van der Waals surface area contributed by atoms with Crippen LogP contribution in [0.1, 0.15) is 18.1 Å². The second-order valence-electron chi connectivity index (χ2n) is 5.39. The van der Waals surface area contributed by atoms with Gasteiger partial charge in [-0.2, -0.15) is 0 Å². The Morgan fingerprint density at radius 1 is 1.23 bits per heavy atom. The van der Waals surface area contributed by atoms with E-state index in [2.05, 4.69) is 21.2 Å². The van der Waals surface area contributed by atoms with Gasteiger partial charge in [0, 0.05) is 0 Å². The van der Waals surface area contributed by atoms with Gasteiger partial charge in [0.2, 0.25) is 0 Å². The normalized spacial score (nSPS) is 15.2. The molecule has 0 radical (unpaired) electrons. The molecule has 2 aromatic rings. The van der Waals surface area contributed by atoms with E-state index in [4.69, 9.17) is 21.7 Å². The van der Waals surface area contributed by atoms with Gasteiger partial charge in [0.1, 0.15) is 10.9 Å². The van der Waals surface area contributed by atoms with Crippen LogP contribution in [0.2, 0.25) is 0 Å². The summed E-state index contributed by atoms with van der Waals surface area (Å²) in [7, 11) is 0. The van der Waals surface area contributed by atoms with Crippen LogP contribution in [0.4, 0.5) is 0 Å². The topological polar surface area (TPSA) is 47.6 Å². The van der Waals surface area contributed by atoms with Crippen LogP contribution in [0.3, 0.4) is 0 Å². The van der Waals surface area contributed by atoms with Crippen LogP contribution < -0.4 is 14.8 Å². The Hall–Kier alpha value is -1.83. The lowest BCUT2D eigenvalue weighted by Crippen LogP contribution is -2.17. The van der Waals surface area contributed by atoms with Crippen molar-refractivity contribution in [3.63, 3.8) is 0 Å². The molecule has 1 aliphatic heterocycles. The molecule has 0 spiro atoms. The highest BCUT2D eigenvalue weighted by atomic mass is 79.9. The second-order valence-corrected chi connectivity index (χ2v) is 7.96. The molecule has 7 heteroatoms. The number of thiocarbonyl (C=S) groups is 1. The van der Waals surface area contributed by atoms with Crippen molar-refractivity contribution in [1.82, 2.24) is 5.32 Å². The molecule has 0 aromatic heterocycles. The number of benzene rings is 2. The summed E-state index contributed by atoms with van der Waals surface area (Å²) in [6.07, 6.45) is 1.79. The summed E-state index contributed by atoms with van der Waals surface area (Å²) in [4.78, 5) is 12.4. The molecule has 1 N–H and O–H groups in total. The Balaban J connectivity index is 1.87. The SMILES string of the molecule is CCOc1cc(C=C2SC(=S)NC2=O)cc(Br)c1OCc1ccccc1. The van der Waals surface area contributed by atoms with Crippen LogP contribution in [-0.2, 0) is 11.4 Å². The van der Waals surface area contributed by atoms with Gasteiger partial charge in [-0.05, 0) is 52.2 Å². The molecule has 0 atom stereocenters. The van der Waals surface area contributed by atoms with E-state index < -0.39 is 0 Å². The van der Waals surface area contributed by atoms with Gasteiger partial charge in [-0.1, -0.05) is 54.3 Å². The number of thioether (sulfide) groups is 1. The molecule has 1 amide bonds. The molecule has 26 heavy (non-hydrogen) atoms. The van der Waals surface area contributed by atoms with Crippen molar-refractivity contribution in [2.24, 2.45) is 0 Å². The summed E-state index contributed by atoms with van der Waals surface area (Å²) in [6, 6.07) is 13.7. The Labute approximate surface area is 170 Å². The van der Waals surface area contributed by atoms with Crippen molar-refractivity contribution in [1.29, 1.82) is 0 Å². The monoisotopic (exact) mass is 449 g/mol. The van der Waals surface area contributed by atoms with E-state index in [0.29, 0.717) is 33.9 Å². The quantitative estimate of drug-likeness (QED) is 0.501. The van der Waals surface area contributed by atoms with Crippen molar-refractivity contribution in [3.8, 4) is 11.5 Å². The van der Waals surface area contributed by atoms with Crippen LogP contribution >= 0.6 is 39.9 Å². The van der Waals surface area contributed by atoms with E-state index in [-0.39, 0.29) is 5.91 Å². The molecular formula is C19H16BrNO3S2. The van der Waals surface area contributed by atoms with E-state index in [1.165, 1.54) is 11.8 Å². The predicted octanol–water partition coefficient (Wildman–Crippen LogP) is 4.92. The maximum absolute atomic E-state index is 11.9. The number of hydrogen-bond donors (Lipinski definition) is 1. The first-order valence-electron chi connectivity index (χ1n) is 7.94. The maximum Gasteiger partial charge on any atom is 0.263 e. The zero-order chi connectivity index (χ0) is 18.5. The summed E-state index contributed by atoms with van der Waals surface area (Å²) in [5.41, 5.74) is 1.90. The van der Waals surface area contributed by atoms with Gasteiger partial charge in [0.05, 0.1) is 16.0 Å². The molecule has 134 valence electrons. The minimum Gasteiger partial charge on any atom is -0.490 e. The summed E-state index contributed by atoms with van der Waals surface area (Å²) in [6.45, 7) is 2.86. The lowest BCUT2D eigenvalue weighted by Gasteiger charge is -2.15. The van der Waals surface area contributed by atoms with E-state index in [1.54, 1.807) is 6.08 Å². The third-order valence-electron chi connectivity index (χ3n) is 3.50. The van der Waals surface area contributed by atoms with Gasteiger partial charge in [0.25, 0.3) is 5.91 Å². The van der Waals surface area contributed by atoms with Gasteiger partial charge >= 0.3 is 0 Å². The highest BCUT2D eigenvalue weighted by Gasteiger charge is 2.22. The molecule has 2 aromatic carbocycles. The molecular weight excluding hydrogens is 434 g/mol. The van der Waals surface area contributed by atoms with Crippen LogP contribution in [-0.4, -0.2) is 16.8 Å². The highest BCUT2D eigenvalue weighted by molar-refractivity contribution is 9.10. The summed E-state index contributed by atoms with van der Waals surface area (Å²) >= 11 is 9.82. The summed E-state index contributed by atoms with van der Waals surface area (Å²) < 4.78 is 12.9. The van der Waals surface area contributed by atoms with Crippen molar-refractivity contribution in [2.75, 3.05) is 6.61 Å². The van der Waals surface area contributed by atoms with Crippen LogP contribution in [0.5, 0.6) is 11.5 Å². The molecule has 0 aliphatic carbocycles. The maximum atomic E-state index is 11.9. The van der Waals surface area contributed by atoms with Crippen molar-refractivity contribution >= 4 is 56.2 Å². The van der Waals surface area contributed by atoms with E-state index in [0.717, 1.165) is 15.6 Å². The number of carbonyl (C=O) groups excluding carboxylic acids is 1. The molecule has 1 saturated heterocycles. The molecule has 1 heterocycles. The predicted molar refractivity (Wildman–Crippen MR) is 112 cm³/mol. The van der Waals surface area contributed by atoms with E-state index in [9.17, 15) is 4.79 Å². The van der Waals surface area contributed by atoms with E-state index in [1.807, 2.05) is 49.4 Å². The van der Waals surface area contributed by atoms with Crippen LogP contribution in [0, 0.1) is 0 Å². The minimum absolute atomic E-state index is 0.182. The van der Waals surface area contributed by atoms with Gasteiger partial charge in [-0.15, -0.1) is 0 Å². The fourth-order valence-corrected chi connectivity index (χ4v) is 3.99. The Bertz CT molecular complexity index is 869. The fraction of sp³-hybridized carbons (Fsp3) is 0.158. The lowest BCUT2D eigenvalue weighted by atomic mass is 10.1. The second kappa shape index (κ2) is 8.70. The number of carbonyl (C=O) groups is 1. The number of rotatable bonds is 6. The van der Waals surface area contributed by atoms with E-state index >= 15 is 0 Å².